The summed E-state index contributed by atoms with van der Waals surface area (Å²) in [5.74, 6) is -0.748. The number of anilines is 1. The van der Waals surface area contributed by atoms with Crippen LogP contribution in [0.4, 0.5) is 5.82 Å². The molecule has 0 saturated carbocycles. The van der Waals surface area contributed by atoms with Crippen LogP contribution < -0.4 is 4.90 Å². The quantitative estimate of drug-likeness (QED) is 0.754. The second kappa shape index (κ2) is 7.35. The molecule has 0 unspecified atom stereocenters. The van der Waals surface area contributed by atoms with Crippen LogP contribution in [-0.4, -0.2) is 42.2 Å². The number of carbonyl (C=O) groups is 2. The van der Waals surface area contributed by atoms with E-state index >= 15 is 0 Å². The molecule has 0 aliphatic heterocycles. The fourth-order valence-corrected chi connectivity index (χ4v) is 1.64. The Hall–Kier alpha value is -2.11. The minimum atomic E-state index is -0.833. The second-order valence-corrected chi connectivity index (χ2v) is 4.01. The van der Waals surface area contributed by atoms with Crippen molar-refractivity contribution in [2.45, 2.75) is 19.8 Å². The van der Waals surface area contributed by atoms with Crippen molar-refractivity contribution in [1.29, 1.82) is 0 Å². The van der Waals surface area contributed by atoms with E-state index in [1.54, 1.807) is 37.2 Å². The Morgan fingerprint density at radius 3 is 2.84 bits per heavy atom. The molecule has 0 aromatic carbocycles. The predicted molar refractivity (Wildman–Crippen MR) is 70.3 cm³/mol. The molecule has 6 nitrogen and oxygen atoms in total. The molecule has 1 heterocycles. The average Bonchev–Trinajstić information content (AvgIpc) is 2.38. The number of nitrogens with zero attached hydrogens (tertiary/aromatic N) is 2. The summed E-state index contributed by atoms with van der Waals surface area (Å²) < 4.78 is 4.96. The van der Waals surface area contributed by atoms with E-state index in [4.69, 9.17) is 9.84 Å². The summed E-state index contributed by atoms with van der Waals surface area (Å²) >= 11 is 0. The zero-order chi connectivity index (χ0) is 14.3. The molecular weight excluding hydrogens is 248 g/mol. The van der Waals surface area contributed by atoms with Crippen molar-refractivity contribution in [3.8, 4) is 0 Å². The fourth-order valence-electron chi connectivity index (χ4n) is 1.64. The fraction of sp³-hybridized carbons (Fsp3) is 0.462. The number of pyridine rings is 1. The van der Waals surface area contributed by atoms with Crippen LogP contribution in [0.5, 0.6) is 0 Å². The third kappa shape index (κ3) is 4.57. The maximum atomic E-state index is 11.8. The number of carboxylic acid groups (broad SMARTS) is 1. The van der Waals surface area contributed by atoms with E-state index in [2.05, 4.69) is 4.98 Å². The third-order valence-corrected chi connectivity index (χ3v) is 2.53. The van der Waals surface area contributed by atoms with Crippen molar-refractivity contribution in [3.05, 3.63) is 23.9 Å². The van der Waals surface area contributed by atoms with Crippen molar-refractivity contribution >= 4 is 17.8 Å². The first-order valence-corrected chi connectivity index (χ1v) is 6.11. The van der Waals surface area contributed by atoms with Gasteiger partial charge in [0.25, 0.3) is 0 Å². The van der Waals surface area contributed by atoms with Gasteiger partial charge in [-0.05, 0) is 25.5 Å². The summed E-state index contributed by atoms with van der Waals surface area (Å²) in [5, 5.41) is 8.60. The minimum absolute atomic E-state index is 0.0892. The number of esters is 1. The van der Waals surface area contributed by atoms with E-state index < -0.39 is 11.9 Å². The van der Waals surface area contributed by atoms with Gasteiger partial charge in [-0.15, -0.1) is 0 Å². The minimum Gasteiger partial charge on any atom is -0.481 e. The first kappa shape index (κ1) is 14.9. The Morgan fingerprint density at radius 1 is 1.47 bits per heavy atom. The summed E-state index contributed by atoms with van der Waals surface area (Å²) in [6.07, 6.45) is 2.17. The number of carboxylic acids is 1. The molecule has 0 spiro atoms. The summed E-state index contributed by atoms with van der Waals surface area (Å²) in [5.41, 5.74) is 0.391. The zero-order valence-corrected chi connectivity index (χ0v) is 11.1. The van der Waals surface area contributed by atoms with Crippen LogP contribution in [0.3, 0.4) is 0 Å². The number of hydrogen-bond donors (Lipinski definition) is 1. The topological polar surface area (TPSA) is 79.7 Å². The van der Waals surface area contributed by atoms with Crippen molar-refractivity contribution in [1.82, 2.24) is 4.98 Å². The van der Waals surface area contributed by atoms with E-state index in [-0.39, 0.29) is 6.42 Å². The van der Waals surface area contributed by atoms with Gasteiger partial charge in [0.1, 0.15) is 11.4 Å². The van der Waals surface area contributed by atoms with E-state index in [9.17, 15) is 9.59 Å². The summed E-state index contributed by atoms with van der Waals surface area (Å²) in [6, 6.07) is 3.31. The number of ether oxygens (including phenoxy) is 1. The molecule has 0 saturated heterocycles. The lowest BCUT2D eigenvalue weighted by Gasteiger charge is -2.19. The Morgan fingerprint density at radius 2 is 2.21 bits per heavy atom. The maximum Gasteiger partial charge on any atom is 0.341 e. The summed E-state index contributed by atoms with van der Waals surface area (Å²) in [6.45, 7) is 2.55. The number of carbonyl (C=O) groups excluding carboxylic acids is 1. The molecule has 6 heteroatoms. The van der Waals surface area contributed by atoms with Crippen molar-refractivity contribution in [2.24, 2.45) is 0 Å². The zero-order valence-electron chi connectivity index (χ0n) is 11.1. The smallest absolute Gasteiger partial charge is 0.341 e. The molecule has 1 N–H and O–H groups in total. The molecule has 0 atom stereocenters. The van der Waals surface area contributed by atoms with Crippen LogP contribution in [0.2, 0.25) is 0 Å². The standard InChI is InChI=1S/C13H18N2O4/c1-3-19-13(18)10-6-4-8-14-12(10)15(2)9-5-7-11(16)17/h4,6,8H,3,5,7,9H2,1-2H3,(H,16,17). The molecular formula is C13H18N2O4. The van der Waals surface area contributed by atoms with E-state index in [0.717, 1.165) is 0 Å². The van der Waals surface area contributed by atoms with Crippen molar-refractivity contribution in [2.75, 3.05) is 25.1 Å². The van der Waals surface area contributed by atoms with E-state index in [0.29, 0.717) is 31.0 Å². The molecule has 19 heavy (non-hydrogen) atoms. The summed E-state index contributed by atoms with van der Waals surface area (Å²) in [7, 11) is 1.77. The van der Waals surface area contributed by atoms with Gasteiger partial charge in [-0.25, -0.2) is 9.78 Å². The Labute approximate surface area is 112 Å². The van der Waals surface area contributed by atoms with Crippen LogP contribution in [0.25, 0.3) is 0 Å². The molecule has 0 radical (unpaired) electrons. The van der Waals surface area contributed by atoms with Gasteiger partial charge in [0.05, 0.1) is 6.61 Å². The SMILES string of the molecule is CCOC(=O)c1cccnc1N(C)CCCC(=O)O. The third-order valence-electron chi connectivity index (χ3n) is 2.53. The van der Waals surface area contributed by atoms with E-state index in [1.165, 1.54) is 0 Å². The van der Waals surface area contributed by atoms with Crippen LogP contribution in [-0.2, 0) is 9.53 Å². The lowest BCUT2D eigenvalue weighted by atomic mass is 10.2. The van der Waals surface area contributed by atoms with Crippen LogP contribution in [0.1, 0.15) is 30.1 Å². The lowest BCUT2D eigenvalue weighted by molar-refractivity contribution is -0.137. The highest BCUT2D eigenvalue weighted by Gasteiger charge is 2.16. The maximum absolute atomic E-state index is 11.8. The molecule has 0 bridgehead atoms. The molecule has 1 aromatic rings. The van der Waals surface area contributed by atoms with Gasteiger partial charge < -0.3 is 14.7 Å². The predicted octanol–water partition coefficient (Wildman–Crippen LogP) is 1.56. The number of aliphatic carboxylic acids is 1. The van der Waals surface area contributed by atoms with Gasteiger partial charge in [-0.1, -0.05) is 0 Å². The highest BCUT2D eigenvalue weighted by Crippen LogP contribution is 2.17. The van der Waals surface area contributed by atoms with Gasteiger partial charge in [-0.2, -0.15) is 0 Å². The molecule has 104 valence electrons. The Bertz CT molecular complexity index is 448. The molecule has 0 fully saturated rings. The molecule has 1 rings (SSSR count). The van der Waals surface area contributed by atoms with Crippen LogP contribution in [0.15, 0.2) is 18.3 Å². The van der Waals surface area contributed by atoms with Gasteiger partial charge >= 0.3 is 11.9 Å². The lowest BCUT2D eigenvalue weighted by Crippen LogP contribution is -2.23. The average molecular weight is 266 g/mol. The van der Waals surface area contributed by atoms with Gasteiger partial charge in [-0.3, -0.25) is 4.79 Å². The van der Waals surface area contributed by atoms with Gasteiger partial charge in [0.2, 0.25) is 0 Å². The van der Waals surface area contributed by atoms with Crippen molar-refractivity contribution < 1.29 is 19.4 Å². The van der Waals surface area contributed by atoms with Crippen LogP contribution in [0, 0.1) is 0 Å². The number of rotatable bonds is 7. The first-order chi connectivity index (χ1) is 9.06. The molecule has 0 aliphatic rings. The second-order valence-electron chi connectivity index (χ2n) is 4.01. The van der Waals surface area contributed by atoms with E-state index in [1.807, 2.05) is 0 Å². The largest absolute Gasteiger partial charge is 0.481 e. The monoisotopic (exact) mass is 266 g/mol. The Balaban J connectivity index is 2.75. The molecule has 0 aliphatic carbocycles. The Kier molecular flexibility index (Phi) is 5.78. The molecule has 1 aromatic heterocycles. The number of hydrogen-bond acceptors (Lipinski definition) is 5. The highest BCUT2D eigenvalue weighted by atomic mass is 16.5. The highest BCUT2D eigenvalue weighted by molar-refractivity contribution is 5.94. The first-order valence-electron chi connectivity index (χ1n) is 6.11. The van der Waals surface area contributed by atoms with Crippen molar-refractivity contribution in [3.63, 3.8) is 0 Å². The summed E-state index contributed by atoms with van der Waals surface area (Å²) in [4.78, 5) is 28.2. The van der Waals surface area contributed by atoms with Gasteiger partial charge in [0, 0.05) is 26.2 Å². The van der Waals surface area contributed by atoms with Crippen LogP contribution >= 0.6 is 0 Å². The van der Waals surface area contributed by atoms with Gasteiger partial charge in [0.15, 0.2) is 0 Å². The normalized spacial score (nSPS) is 10.0. The molecule has 0 amide bonds. The number of aromatic nitrogens is 1.